The first-order valence-electron chi connectivity index (χ1n) is 7.30. The second kappa shape index (κ2) is 6.98. The largest absolute Gasteiger partial charge is 0.407 e. The average molecular weight is 373 g/mol. The van der Waals surface area contributed by atoms with Crippen LogP contribution in [0.4, 0.5) is 18.9 Å². The fourth-order valence-corrected chi connectivity index (χ4v) is 3.02. The number of thiophene rings is 1. The average Bonchev–Trinajstić information content (AvgIpc) is 3.14. The molecule has 26 heavy (non-hydrogen) atoms. The first kappa shape index (κ1) is 17.6. The number of nitrogens with zero attached hydrogens (tertiary/aromatic N) is 3. The van der Waals surface area contributed by atoms with E-state index < -0.39 is 23.0 Å². The lowest BCUT2D eigenvalue weighted by molar-refractivity contribution is -0.136. The molecule has 8 heteroatoms. The summed E-state index contributed by atoms with van der Waals surface area (Å²) in [6.45, 7) is 7.01. The number of halogens is 3. The lowest BCUT2D eigenvalue weighted by Gasteiger charge is -2.13. The topological polar surface area (TPSA) is 38.7 Å². The zero-order valence-electron chi connectivity index (χ0n) is 13.1. The molecule has 0 aliphatic carbocycles. The minimum atomic E-state index is -4.81. The normalized spacial score (nSPS) is 11.6. The van der Waals surface area contributed by atoms with E-state index in [1.807, 2.05) is 0 Å². The number of pyridine rings is 1. The monoisotopic (exact) mass is 373 g/mol. The van der Waals surface area contributed by atoms with Crippen LogP contribution in [0.2, 0.25) is 0 Å². The molecule has 0 amide bonds. The highest BCUT2D eigenvalue weighted by atomic mass is 32.1. The summed E-state index contributed by atoms with van der Waals surface area (Å²) >= 11 is 1.17. The van der Waals surface area contributed by atoms with Crippen LogP contribution in [-0.4, -0.2) is 10.9 Å². The number of rotatable bonds is 3. The maximum Gasteiger partial charge on any atom is 0.407 e. The molecular formula is C18H10F3N3OS. The molecule has 0 N–H and O–H groups in total. The van der Waals surface area contributed by atoms with Crippen molar-refractivity contribution in [3.05, 3.63) is 86.8 Å². The van der Waals surface area contributed by atoms with E-state index in [2.05, 4.69) is 9.95 Å². The Morgan fingerprint density at radius 3 is 2.46 bits per heavy atom. The van der Waals surface area contributed by atoms with Crippen LogP contribution in [0.5, 0.6) is 0 Å². The summed E-state index contributed by atoms with van der Waals surface area (Å²) in [4.78, 5) is 15.8. The van der Waals surface area contributed by atoms with Gasteiger partial charge in [0.1, 0.15) is 0 Å². The van der Waals surface area contributed by atoms with Crippen molar-refractivity contribution in [3.63, 3.8) is 0 Å². The van der Waals surface area contributed by atoms with Gasteiger partial charge in [0.2, 0.25) is 0 Å². The highest BCUT2D eigenvalue weighted by Crippen LogP contribution is 2.37. The Bertz CT molecular complexity index is 1050. The van der Waals surface area contributed by atoms with Crippen LogP contribution in [0.25, 0.3) is 15.4 Å². The Hall–Kier alpha value is -3.18. The standard InChI is InChI=1S/C18H10F3N3OS/c1-22-16-13(18(19,20)21)10-14(15-8-5-9-26-15)24(17(16)25)23-11-12-6-3-2-4-7-12/h2-11H/b23-11+. The maximum atomic E-state index is 13.3. The van der Waals surface area contributed by atoms with Crippen molar-refractivity contribution in [2.75, 3.05) is 0 Å². The van der Waals surface area contributed by atoms with Gasteiger partial charge in [-0.1, -0.05) is 36.4 Å². The van der Waals surface area contributed by atoms with Crippen molar-refractivity contribution in [2.24, 2.45) is 5.10 Å². The van der Waals surface area contributed by atoms with Crippen LogP contribution in [0.3, 0.4) is 0 Å². The summed E-state index contributed by atoms with van der Waals surface area (Å²) in [5.41, 5.74) is -2.71. The van der Waals surface area contributed by atoms with Gasteiger partial charge in [0.25, 0.3) is 11.2 Å². The lowest BCUT2D eigenvalue weighted by Crippen LogP contribution is -2.22. The second-order valence-electron chi connectivity index (χ2n) is 5.15. The van der Waals surface area contributed by atoms with Gasteiger partial charge in [-0.3, -0.25) is 4.79 Å². The summed E-state index contributed by atoms with van der Waals surface area (Å²) in [6.07, 6.45) is -3.45. The highest BCUT2D eigenvalue weighted by molar-refractivity contribution is 7.13. The van der Waals surface area contributed by atoms with Crippen molar-refractivity contribution in [1.29, 1.82) is 0 Å². The van der Waals surface area contributed by atoms with Crippen molar-refractivity contribution < 1.29 is 13.2 Å². The van der Waals surface area contributed by atoms with Crippen LogP contribution in [0.1, 0.15) is 11.1 Å². The predicted octanol–water partition coefficient (Wildman–Crippen LogP) is 5.03. The van der Waals surface area contributed by atoms with E-state index >= 15 is 0 Å². The van der Waals surface area contributed by atoms with Gasteiger partial charge in [0.05, 0.1) is 28.9 Å². The van der Waals surface area contributed by atoms with Crippen LogP contribution < -0.4 is 5.56 Å². The van der Waals surface area contributed by atoms with Crippen LogP contribution >= 0.6 is 11.3 Å². The van der Waals surface area contributed by atoms with Gasteiger partial charge in [0.15, 0.2) is 0 Å². The van der Waals surface area contributed by atoms with Gasteiger partial charge >= 0.3 is 6.18 Å². The third-order valence-corrected chi connectivity index (χ3v) is 4.36. The molecule has 0 aliphatic rings. The molecule has 4 nitrogen and oxygen atoms in total. The van der Waals surface area contributed by atoms with Crippen molar-refractivity contribution in [3.8, 4) is 10.6 Å². The number of aromatic nitrogens is 1. The summed E-state index contributed by atoms with van der Waals surface area (Å²) < 4.78 is 40.7. The van der Waals surface area contributed by atoms with Gasteiger partial charge in [-0.15, -0.1) is 11.3 Å². The van der Waals surface area contributed by atoms with Gasteiger partial charge < -0.3 is 0 Å². The molecule has 2 heterocycles. The Morgan fingerprint density at radius 2 is 1.88 bits per heavy atom. The number of alkyl halides is 3. The molecule has 0 spiro atoms. The summed E-state index contributed by atoms with van der Waals surface area (Å²) in [6, 6.07) is 12.8. The molecule has 0 atom stereocenters. The Labute approximate surface area is 150 Å². The van der Waals surface area contributed by atoms with Gasteiger partial charge in [-0.05, 0) is 23.1 Å². The molecule has 0 saturated carbocycles. The van der Waals surface area contributed by atoms with Gasteiger partial charge in [0, 0.05) is 0 Å². The van der Waals surface area contributed by atoms with E-state index in [4.69, 9.17) is 6.57 Å². The molecule has 3 aromatic rings. The first-order chi connectivity index (χ1) is 12.4. The summed E-state index contributed by atoms with van der Waals surface area (Å²) in [7, 11) is 0. The van der Waals surface area contributed by atoms with E-state index in [1.165, 1.54) is 17.6 Å². The second-order valence-corrected chi connectivity index (χ2v) is 6.10. The smallest absolute Gasteiger partial charge is 0.281 e. The van der Waals surface area contributed by atoms with Crippen LogP contribution in [-0.2, 0) is 6.18 Å². The Morgan fingerprint density at radius 1 is 1.15 bits per heavy atom. The molecule has 0 fully saturated rings. The van der Waals surface area contributed by atoms with E-state index in [-0.39, 0.29) is 5.69 Å². The van der Waals surface area contributed by atoms with E-state index in [1.54, 1.807) is 47.8 Å². The third kappa shape index (κ3) is 3.43. The van der Waals surface area contributed by atoms with Crippen LogP contribution in [0, 0.1) is 6.57 Å². The van der Waals surface area contributed by atoms with Crippen LogP contribution in [0.15, 0.2) is 63.8 Å². The quantitative estimate of drug-likeness (QED) is 0.469. The molecule has 0 unspecified atom stereocenters. The van der Waals surface area contributed by atoms with E-state index in [0.717, 1.165) is 10.7 Å². The predicted molar refractivity (Wildman–Crippen MR) is 94.7 cm³/mol. The van der Waals surface area contributed by atoms with Crippen molar-refractivity contribution >= 4 is 23.2 Å². The van der Waals surface area contributed by atoms with Crippen molar-refractivity contribution in [1.82, 2.24) is 4.68 Å². The van der Waals surface area contributed by atoms with Crippen molar-refractivity contribution in [2.45, 2.75) is 6.18 Å². The van der Waals surface area contributed by atoms with Gasteiger partial charge in [-0.25, -0.2) is 9.52 Å². The van der Waals surface area contributed by atoms with E-state index in [0.29, 0.717) is 10.4 Å². The maximum absolute atomic E-state index is 13.3. The zero-order valence-corrected chi connectivity index (χ0v) is 13.9. The SMILES string of the molecule is [C-]#[N+]c1c(C(F)(F)F)cc(-c2cccs2)n(/N=C/c2ccccc2)c1=O. The minimum Gasteiger partial charge on any atom is -0.281 e. The molecule has 0 saturated heterocycles. The Balaban J connectivity index is 2.27. The molecular weight excluding hydrogens is 363 g/mol. The first-order valence-corrected chi connectivity index (χ1v) is 8.18. The minimum absolute atomic E-state index is 0.0168. The number of hydrogen-bond donors (Lipinski definition) is 0. The molecule has 0 radical (unpaired) electrons. The summed E-state index contributed by atoms with van der Waals surface area (Å²) in [5.74, 6) is 0. The van der Waals surface area contributed by atoms with Gasteiger partial charge in [-0.2, -0.15) is 18.3 Å². The molecule has 130 valence electrons. The summed E-state index contributed by atoms with van der Waals surface area (Å²) in [5, 5.41) is 5.72. The fraction of sp³-hybridized carbons (Fsp3) is 0.0556. The molecule has 2 aromatic heterocycles. The molecule has 1 aromatic carbocycles. The number of hydrogen-bond acceptors (Lipinski definition) is 3. The molecule has 0 aliphatic heterocycles. The van der Waals surface area contributed by atoms with E-state index in [9.17, 15) is 18.0 Å². The lowest BCUT2D eigenvalue weighted by atomic mass is 10.1. The highest BCUT2D eigenvalue weighted by Gasteiger charge is 2.36. The number of benzene rings is 1. The molecule has 3 rings (SSSR count). The zero-order chi connectivity index (χ0) is 18.7. The Kier molecular flexibility index (Phi) is 4.73. The molecule has 0 bridgehead atoms. The fourth-order valence-electron chi connectivity index (χ4n) is 2.29. The third-order valence-electron chi connectivity index (χ3n) is 3.47.